The molecule has 1 aromatic heterocycles. The van der Waals surface area contributed by atoms with Gasteiger partial charge < -0.3 is 15.0 Å². The number of anilines is 1. The van der Waals surface area contributed by atoms with Crippen molar-refractivity contribution < 1.29 is 5.11 Å². The Bertz CT molecular complexity index is 462. The fourth-order valence-corrected chi connectivity index (χ4v) is 2.41. The van der Waals surface area contributed by atoms with Crippen LogP contribution in [-0.2, 0) is 0 Å². The standard InChI is InChI=1S/C13H21N3O2/c1-10(2)16-8-7-14-11(12(16)17)15-9-13(18)5-3-4-6-13/h7-8,10,18H,3-6,9H2,1-2H3,(H,14,15). The van der Waals surface area contributed by atoms with E-state index in [0.717, 1.165) is 25.7 Å². The molecule has 0 spiro atoms. The van der Waals surface area contributed by atoms with Crippen LogP contribution < -0.4 is 10.9 Å². The Morgan fingerprint density at radius 1 is 1.50 bits per heavy atom. The summed E-state index contributed by atoms with van der Waals surface area (Å²) in [5.74, 6) is 0.325. The van der Waals surface area contributed by atoms with Crippen molar-refractivity contribution >= 4 is 5.82 Å². The van der Waals surface area contributed by atoms with Crippen molar-refractivity contribution in [3.05, 3.63) is 22.7 Å². The topological polar surface area (TPSA) is 67.2 Å². The summed E-state index contributed by atoms with van der Waals surface area (Å²) in [7, 11) is 0. The highest BCUT2D eigenvalue weighted by Gasteiger charge is 2.31. The van der Waals surface area contributed by atoms with Crippen LogP contribution in [0.15, 0.2) is 17.2 Å². The van der Waals surface area contributed by atoms with Crippen molar-refractivity contribution in [2.45, 2.75) is 51.2 Å². The summed E-state index contributed by atoms with van der Waals surface area (Å²) in [5, 5.41) is 13.2. The Hall–Kier alpha value is -1.36. The maximum atomic E-state index is 12.1. The molecule has 0 saturated heterocycles. The van der Waals surface area contributed by atoms with E-state index in [1.54, 1.807) is 17.0 Å². The number of hydrogen-bond donors (Lipinski definition) is 2. The Morgan fingerprint density at radius 3 is 2.78 bits per heavy atom. The monoisotopic (exact) mass is 251 g/mol. The lowest BCUT2D eigenvalue weighted by Gasteiger charge is -2.22. The van der Waals surface area contributed by atoms with Gasteiger partial charge in [0.05, 0.1) is 5.60 Å². The molecule has 5 nitrogen and oxygen atoms in total. The van der Waals surface area contributed by atoms with Crippen molar-refractivity contribution in [2.24, 2.45) is 0 Å². The Labute approximate surface area is 107 Å². The van der Waals surface area contributed by atoms with Gasteiger partial charge in [0, 0.05) is 25.0 Å². The maximum absolute atomic E-state index is 12.1. The third-order valence-corrected chi connectivity index (χ3v) is 3.54. The second kappa shape index (κ2) is 5.10. The van der Waals surface area contributed by atoms with Gasteiger partial charge in [0.2, 0.25) is 0 Å². The predicted octanol–water partition coefficient (Wildman–Crippen LogP) is 1.54. The predicted molar refractivity (Wildman–Crippen MR) is 70.8 cm³/mol. The second-order valence-corrected chi connectivity index (χ2v) is 5.37. The summed E-state index contributed by atoms with van der Waals surface area (Å²) in [6.45, 7) is 4.31. The van der Waals surface area contributed by atoms with E-state index in [1.807, 2.05) is 13.8 Å². The molecule has 1 saturated carbocycles. The van der Waals surface area contributed by atoms with E-state index < -0.39 is 5.60 Å². The van der Waals surface area contributed by atoms with Gasteiger partial charge in [-0.2, -0.15) is 0 Å². The van der Waals surface area contributed by atoms with Crippen LogP contribution >= 0.6 is 0 Å². The Morgan fingerprint density at radius 2 is 2.17 bits per heavy atom. The second-order valence-electron chi connectivity index (χ2n) is 5.37. The van der Waals surface area contributed by atoms with E-state index in [0.29, 0.717) is 12.4 Å². The summed E-state index contributed by atoms with van der Waals surface area (Å²) in [4.78, 5) is 16.1. The molecule has 0 bridgehead atoms. The first kappa shape index (κ1) is 13.1. The lowest BCUT2D eigenvalue weighted by molar-refractivity contribution is 0.0613. The molecule has 1 aliphatic rings. The van der Waals surface area contributed by atoms with Crippen molar-refractivity contribution in [1.82, 2.24) is 9.55 Å². The molecular weight excluding hydrogens is 230 g/mol. The molecule has 18 heavy (non-hydrogen) atoms. The van der Waals surface area contributed by atoms with Gasteiger partial charge in [-0.05, 0) is 26.7 Å². The lowest BCUT2D eigenvalue weighted by atomic mass is 10.0. The molecule has 1 aliphatic carbocycles. The number of aliphatic hydroxyl groups is 1. The van der Waals surface area contributed by atoms with E-state index in [4.69, 9.17) is 0 Å². The van der Waals surface area contributed by atoms with Crippen LogP contribution in [0.25, 0.3) is 0 Å². The summed E-state index contributed by atoms with van der Waals surface area (Å²) in [5.41, 5.74) is -0.804. The van der Waals surface area contributed by atoms with Gasteiger partial charge in [-0.3, -0.25) is 4.79 Å². The van der Waals surface area contributed by atoms with Gasteiger partial charge in [0.1, 0.15) is 0 Å². The molecule has 5 heteroatoms. The van der Waals surface area contributed by atoms with Crippen molar-refractivity contribution in [3.63, 3.8) is 0 Å². The van der Waals surface area contributed by atoms with E-state index >= 15 is 0 Å². The van der Waals surface area contributed by atoms with E-state index in [9.17, 15) is 9.90 Å². The molecule has 100 valence electrons. The average Bonchev–Trinajstić information content (AvgIpc) is 2.75. The summed E-state index contributed by atoms with van der Waals surface area (Å²) in [6.07, 6.45) is 6.99. The molecule has 0 aromatic carbocycles. The van der Waals surface area contributed by atoms with Crippen LogP contribution in [-0.4, -0.2) is 26.8 Å². The van der Waals surface area contributed by atoms with Crippen LogP contribution in [0.2, 0.25) is 0 Å². The summed E-state index contributed by atoms with van der Waals surface area (Å²) < 4.78 is 1.63. The number of rotatable bonds is 4. The highest BCUT2D eigenvalue weighted by Crippen LogP contribution is 2.29. The largest absolute Gasteiger partial charge is 0.388 e. The smallest absolute Gasteiger partial charge is 0.293 e. The van der Waals surface area contributed by atoms with Crippen LogP contribution in [0.1, 0.15) is 45.6 Å². The van der Waals surface area contributed by atoms with Gasteiger partial charge in [-0.25, -0.2) is 4.98 Å². The van der Waals surface area contributed by atoms with Gasteiger partial charge in [0.25, 0.3) is 5.56 Å². The molecule has 2 N–H and O–H groups in total. The normalized spacial score (nSPS) is 18.2. The van der Waals surface area contributed by atoms with Crippen LogP contribution in [0.5, 0.6) is 0 Å². The van der Waals surface area contributed by atoms with Gasteiger partial charge in [0.15, 0.2) is 5.82 Å². The number of hydrogen-bond acceptors (Lipinski definition) is 4. The minimum absolute atomic E-state index is 0.107. The molecule has 0 aliphatic heterocycles. The fraction of sp³-hybridized carbons (Fsp3) is 0.692. The zero-order valence-corrected chi connectivity index (χ0v) is 11.0. The van der Waals surface area contributed by atoms with E-state index in [1.165, 1.54) is 0 Å². The highest BCUT2D eigenvalue weighted by atomic mass is 16.3. The molecule has 0 atom stereocenters. The van der Waals surface area contributed by atoms with Crippen molar-refractivity contribution in [3.8, 4) is 0 Å². The first-order valence-corrected chi connectivity index (χ1v) is 6.55. The average molecular weight is 251 g/mol. The van der Waals surface area contributed by atoms with Gasteiger partial charge >= 0.3 is 0 Å². The zero-order chi connectivity index (χ0) is 13.2. The van der Waals surface area contributed by atoms with E-state index in [-0.39, 0.29) is 11.6 Å². The fourth-order valence-electron chi connectivity index (χ4n) is 2.41. The summed E-state index contributed by atoms with van der Waals surface area (Å²) in [6, 6.07) is 0.107. The Kier molecular flexibility index (Phi) is 3.71. The molecule has 1 fully saturated rings. The first-order valence-electron chi connectivity index (χ1n) is 6.55. The Balaban J connectivity index is 2.10. The maximum Gasteiger partial charge on any atom is 0.293 e. The highest BCUT2D eigenvalue weighted by molar-refractivity contribution is 5.31. The first-order chi connectivity index (χ1) is 8.52. The molecule has 2 rings (SSSR count). The quantitative estimate of drug-likeness (QED) is 0.852. The third-order valence-electron chi connectivity index (χ3n) is 3.54. The lowest BCUT2D eigenvalue weighted by Crippen LogP contribution is -2.36. The zero-order valence-electron chi connectivity index (χ0n) is 11.0. The van der Waals surface area contributed by atoms with Gasteiger partial charge in [-0.15, -0.1) is 0 Å². The molecule has 0 unspecified atom stereocenters. The molecule has 0 radical (unpaired) electrons. The third kappa shape index (κ3) is 2.72. The SMILES string of the molecule is CC(C)n1ccnc(NCC2(O)CCCC2)c1=O. The minimum Gasteiger partial charge on any atom is -0.388 e. The summed E-state index contributed by atoms with van der Waals surface area (Å²) >= 11 is 0. The molecule has 0 amide bonds. The molecule has 1 heterocycles. The van der Waals surface area contributed by atoms with Crippen molar-refractivity contribution in [2.75, 3.05) is 11.9 Å². The minimum atomic E-state index is -0.674. The van der Waals surface area contributed by atoms with Crippen LogP contribution in [0.4, 0.5) is 5.82 Å². The molecule has 1 aromatic rings. The van der Waals surface area contributed by atoms with Crippen molar-refractivity contribution in [1.29, 1.82) is 0 Å². The number of nitrogens with one attached hydrogen (secondary N) is 1. The van der Waals surface area contributed by atoms with Crippen LogP contribution in [0, 0.1) is 0 Å². The number of nitrogens with zero attached hydrogens (tertiary/aromatic N) is 2. The van der Waals surface area contributed by atoms with Gasteiger partial charge in [-0.1, -0.05) is 12.8 Å². The van der Waals surface area contributed by atoms with E-state index in [2.05, 4.69) is 10.3 Å². The number of aromatic nitrogens is 2. The molecular formula is C13H21N3O2. The van der Waals surface area contributed by atoms with Crippen LogP contribution in [0.3, 0.4) is 0 Å².